The molecule has 1 aromatic carbocycles. The third kappa shape index (κ3) is 3.46. The first kappa shape index (κ1) is 14.7. The van der Waals surface area contributed by atoms with Crippen molar-refractivity contribution in [2.45, 2.75) is 26.0 Å². The van der Waals surface area contributed by atoms with Crippen LogP contribution in [0.3, 0.4) is 0 Å². The number of ether oxygens (including phenoxy) is 1. The number of nitrogens with zero attached hydrogens (tertiary/aromatic N) is 2. The monoisotopic (exact) mass is 279 g/mol. The predicted molar refractivity (Wildman–Crippen MR) is 78.0 cm³/mol. The Morgan fingerprint density at radius 3 is 2.95 bits per heavy atom. The Bertz CT molecular complexity index is 479. The molecule has 0 aromatic heterocycles. The molecule has 1 aliphatic heterocycles. The molecule has 1 heterocycles. The Kier molecular flexibility index (Phi) is 4.92. The van der Waals surface area contributed by atoms with E-state index in [-0.39, 0.29) is 16.7 Å². The highest BCUT2D eigenvalue weighted by Crippen LogP contribution is 2.25. The number of hydrogen-bond acceptors (Lipinski definition) is 5. The van der Waals surface area contributed by atoms with Gasteiger partial charge in [0, 0.05) is 51.1 Å². The zero-order chi connectivity index (χ0) is 14.5. The molecule has 0 bridgehead atoms. The molecule has 110 valence electrons. The molecule has 1 atom stereocenters. The molecule has 6 heteroatoms. The maximum atomic E-state index is 10.9. The average molecular weight is 279 g/mol. The van der Waals surface area contributed by atoms with Crippen LogP contribution in [0.2, 0.25) is 0 Å². The highest BCUT2D eigenvalue weighted by Gasteiger charge is 2.23. The van der Waals surface area contributed by atoms with Gasteiger partial charge in [0.15, 0.2) is 0 Å². The SMILES string of the molecule is CCNc1ccc([N+](=O)[O-])cc1CN1CCC(OC)C1. The maximum Gasteiger partial charge on any atom is 0.269 e. The van der Waals surface area contributed by atoms with Crippen molar-refractivity contribution in [3.63, 3.8) is 0 Å². The molecular weight excluding hydrogens is 258 g/mol. The first-order valence-corrected chi connectivity index (χ1v) is 6.90. The molecule has 1 aliphatic rings. The fraction of sp³-hybridized carbons (Fsp3) is 0.571. The van der Waals surface area contributed by atoms with Crippen molar-refractivity contribution in [2.24, 2.45) is 0 Å². The number of nitro benzene ring substituents is 1. The molecule has 1 saturated heterocycles. The minimum atomic E-state index is -0.346. The van der Waals surface area contributed by atoms with Gasteiger partial charge < -0.3 is 10.1 Å². The summed E-state index contributed by atoms with van der Waals surface area (Å²) in [6, 6.07) is 5.00. The van der Waals surface area contributed by atoms with Crippen molar-refractivity contribution < 1.29 is 9.66 Å². The topological polar surface area (TPSA) is 67.6 Å². The lowest BCUT2D eigenvalue weighted by molar-refractivity contribution is -0.384. The van der Waals surface area contributed by atoms with Crippen LogP contribution in [0.1, 0.15) is 18.9 Å². The Morgan fingerprint density at radius 1 is 1.55 bits per heavy atom. The third-order valence-electron chi connectivity index (χ3n) is 3.62. The fourth-order valence-corrected chi connectivity index (χ4v) is 2.56. The Balaban J connectivity index is 2.15. The van der Waals surface area contributed by atoms with E-state index >= 15 is 0 Å². The van der Waals surface area contributed by atoms with Crippen LogP contribution in [0.15, 0.2) is 18.2 Å². The van der Waals surface area contributed by atoms with Crippen molar-refractivity contribution in [1.29, 1.82) is 0 Å². The smallest absolute Gasteiger partial charge is 0.269 e. The van der Waals surface area contributed by atoms with E-state index in [1.165, 1.54) is 0 Å². The van der Waals surface area contributed by atoms with Gasteiger partial charge in [-0.05, 0) is 25.0 Å². The van der Waals surface area contributed by atoms with E-state index < -0.39 is 0 Å². The maximum absolute atomic E-state index is 10.9. The molecule has 1 aromatic rings. The zero-order valence-electron chi connectivity index (χ0n) is 12.0. The minimum absolute atomic E-state index is 0.143. The summed E-state index contributed by atoms with van der Waals surface area (Å²) >= 11 is 0. The van der Waals surface area contributed by atoms with Gasteiger partial charge in [0.25, 0.3) is 5.69 Å². The van der Waals surface area contributed by atoms with Crippen molar-refractivity contribution >= 4 is 11.4 Å². The van der Waals surface area contributed by atoms with Gasteiger partial charge in [0.05, 0.1) is 11.0 Å². The van der Waals surface area contributed by atoms with E-state index in [1.54, 1.807) is 25.3 Å². The quantitative estimate of drug-likeness (QED) is 0.639. The second-order valence-electron chi connectivity index (χ2n) is 5.01. The second kappa shape index (κ2) is 6.67. The first-order valence-electron chi connectivity index (χ1n) is 6.90. The van der Waals surface area contributed by atoms with Crippen molar-refractivity contribution in [1.82, 2.24) is 4.90 Å². The summed E-state index contributed by atoms with van der Waals surface area (Å²) < 4.78 is 5.35. The Hall–Kier alpha value is -1.66. The zero-order valence-corrected chi connectivity index (χ0v) is 12.0. The molecule has 1 unspecified atom stereocenters. The number of rotatable bonds is 6. The van der Waals surface area contributed by atoms with Crippen LogP contribution in [0.25, 0.3) is 0 Å². The van der Waals surface area contributed by atoms with E-state index in [0.29, 0.717) is 6.54 Å². The molecule has 0 spiro atoms. The largest absolute Gasteiger partial charge is 0.385 e. The van der Waals surface area contributed by atoms with E-state index in [4.69, 9.17) is 4.74 Å². The number of methoxy groups -OCH3 is 1. The molecule has 20 heavy (non-hydrogen) atoms. The predicted octanol–water partition coefficient (Wildman–Crippen LogP) is 2.25. The second-order valence-corrected chi connectivity index (χ2v) is 5.01. The van der Waals surface area contributed by atoms with Gasteiger partial charge in [-0.25, -0.2) is 0 Å². The highest BCUT2D eigenvalue weighted by molar-refractivity contribution is 5.56. The minimum Gasteiger partial charge on any atom is -0.385 e. The molecule has 1 N–H and O–H groups in total. The van der Waals surface area contributed by atoms with Gasteiger partial charge in [-0.1, -0.05) is 0 Å². The summed E-state index contributed by atoms with van der Waals surface area (Å²) in [5, 5.41) is 14.2. The molecule has 0 aliphatic carbocycles. The lowest BCUT2D eigenvalue weighted by Gasteiger charge is -2.18. The summed E-state index contributed by atoms with van der Waals surface area (Å²) in [6.07, 6.45) is 1.29. The molecule has 0 amide bonds. The van der Waals surface area contributed by atoms with Crippen LogP contribution in [-0.4, -0.2) is 42.7 Å². The number of likely N-dealkylation sites (tertiary alicyclic amines) is 1. The number of hydrogen-bond donors (Lipinski definition) is 1. The van der Waals surface area contributed by atoms with Crippen LogP contribution in [0.5, 0.6) is 0 Å². The standard InChI is InChI=1S/C14H21N3O3/c1-3-15-14-5-4-12(17(18)19)8-11(14)9-16-7-6-13(10-16)20-2/h4-5,8,13,15H,3,6-7,9-10H2,1-2H3. The lowest BCUT2D eigenvalue weighted by atomic mass is 10.1. The molecule has 1 fully saturated rings. The summed E-state index contributed by atoms with van der Waals surface area (Å²) in [5.74, 6) is 0. The van der Waals surface area contributed by atoms with Crippen molar-refractivity contribution in [3.05, 3.63) is 33.9 Å². The Morgan fingerprint density at radius 2 is 2.35 bits per heavy atom. The van der Waals surface area contributed by atoms with Crippen LogP contribution < -0.4 is 5.32 Å². The van der Waals surface area contributed by atoms with E-state index in [2.05, 4.69) is 10.2 Å². The van der Waals surface area contributed by atoms with Gasteiger partial charge in [0.1, 0.15) is 0 Å². The van der Waals surface area contributed by atoms with E-state index in [0.717, 1.165) is 37.3 Å². The first-order chi connectivity index (χ1) is 9.63. The number of non-ortho nitro benzene ring substituents is 1. The number of anilines is 1. The van der Waals surface area contributed by atoms with E-state index in [1.807, 2.05) is 6.92 Å². The Labute approximate surface area is 118 Å². The molecular formula is C14H21N3O3. The van der Waals surface area contributed by atoms with Crippen LogP contribution in [0, 0.1) is 10.1 Å². The summed E-state index contributed by atoms with van der Waals surface area (Å²) in [6.45, 7) is 5.37. The molecule has 0 radical (unpaired) electrons. The van der Waals surface area contributed by atoms with Crippen LogP contribution in [-0.2, 0) is 11.3 Å². The highest BCUT2D eigenvalue weighted by atomic mass is 16.6. The van der Waals surface area contributed by atoms with Crippen molar-refractivity contribution in [2.75, 3.05) is 32.1 Å². The van der Waals surface area contributed by atoms with Gasteiger partial charge in [-0.2, -0.15) is 0 Å². The summed E-state index contributed by atoms with van der Waals surface area (Å²) in [4.78, 5) is 12.8. The van der Waals surface area contributed by atoms with Gasteiger partial charge in [-0.3, -0.25) is 15.0 Å². The molecule has 6 nitrogen and oxygen atoms in total. The average Bonchev–Trinajstić information content (AvgIpc) is 2.88. The number of nitro groups is 1. The van der Waals surface area contributed by atoms with Gasteiger partial charge in [-0.15, -0.1) is 0 Å². The number of nitrogens with one attached hydrogen (secondary N) is 1. The molecule has 2 rings (SSSR count). The third-order valence-corrected chi connectivity index (χ3v) is 3.62. The normalized spacial score (nSPS) is 19.2. The van der Waals surface area contributed by atoms with Crippen LogP contribution >= 0.6 is 0 Å². The summed E-state index contributed by atoms with van der Waals surface area (Å²) in [7, 11) is 1.73. The molecule has 0 saturated carbocycles. The van der Waals surface area contributed by atoms with Crippen molar-refractivity contribution in [3.8, 4) is 0 Å². The van der Waals surface area contributed by atoms with Gasteiger partial charge >= 0.3 is 0 Å². The van der Waals surface area contributed by atoms with Crippen LogP contribution in [0.4, 0.5) is 11.4 Å². The lowest BCUT2D eigenvalue weighted by Crippen LogP contribution is -2.23. The summed E-state index contributed by atoms with van der Waals surface area (Å²) in [5.41, 5.74) is 2.08. The van der Waals surface area contributed by atoms with Gasteiger partial charge in [0.2, 0.25) is 0 Å². The fourth-order valence-electron chi connectivity index (χ4n) is 2.56. The number of benzene rings is 1. The van der Waals surface area contributed by atoms with E-state index in [9.17, 15) is 10.1 Å².